The summed E-state index contributed by atoms with van der Waals surface area (Å²) in [4.78, 5) is 13.4. The van der Waals surface area contributed by atoms with Crippen molar-refractivity contribution < 1.29 is 17.9 Å². The highest BCUT2D eigenvalue weighted by Gasteiger charge is 2.38. The highest BCUT2D eigenvalue weighted by atomic mass is 32.2. The van der Waals surface area contributed by atoms with Gasteiger partial charge in [-0.15, -0.1) is 0 Å². The van der Waals surface area contributed by atoms with Crippen molar-refractivity contribution in [3.63, 3.8) is 0 Å². The molecule has 6 nitrogen and oxygen atoms in total. The molecule has 1 heterocycles. The molecule has 0 aliphatic carbocycles. The van der Waals surface area contributed by atoms with Gasteiger partial charge in [0.15, 0.2) is 5.25 Å². The van der Waals surface area contributed by atoms with Crippen LogP contribution >= 0.6 is 0 Å². The first-order valence-corrected chi connectivity index (χ1v) is 7.46. The predicted molar refractivity (Wildman–Crippen MR) is 69.9 cm³/mol. The summed E-state index contributed by atoms with van der Waals surface area (Å²) in [7, 11) is -2.22. The van der Waals surface area contributed by atoms with Crippen molar-refractivity contribution in [2.45, 2.75) is 18.2 Å². The summed E-state index contributed by atoms with van der Waals surface area (Å²) in [5.74, 6) is 0.317. The topological polar surface area (TPSA) is 89.7 Å². The van der Waals surface area contributed by atoms with Crippen molar-refractivity contribution in [1.82, 2.24) is 4.90 Å². The molecule has 0 aromatic heterocycles. The number of sulfonamides is 1. The number of methoxy groups -OCH3 is 1. The Labute approximate surface area is 112 Å². The molecule has 1 aromatic rings. The average molecular weight is 284 g/mol. The van der Waals surface area contributed by atoms with Gasteiger partial charge in [-0.25, -0.2) is 13.6 Å². The first-order valence-electron chi connectivity index (χ1n) is 5.85. The predicted octanol–water partition coefficient (Wildman–Crippen LogP) is 0.0846. The number of hydrogen-bond donors (Lipinski definition) is 1. The van der Waals surface area contributed by atoms with Crippen LogP contribution in [0.5, 0.6) is 5.75 Å². The largest absolute Gasteiger partial charge is 0.497 e. The molecule has 2 N–H and O–H groups in total. The van der Waals surface area contributed by atoms with Crippen LogP contribution in [0.1, 0.15) is 12.0 Å². The van der Waals surface area contributed by atoms with Gasteiger partial charge in [0, 0.05) is 13.1 Å². The van der Waals surface area contributed by atoms with Gasteiger partial charge in [0.1, 0.15) is 5.75 Å². The molecule has 1 fully saturated rings. The van der Waals surface area contributed by atoms with Crippen LogP contribution in [0, 0.1) is 0 Å². The summed E-state index contributed by atoms with van der Waals surface area (Å²) in [6.07, 6.45) is 0.258. The smallest absolute Gasteiger partial charge is 0.242 e. The molecule has 0 saturated carbocycles. The number of likely N-dealkylation sites (tertiary alicyclic amines) is 1. The van der Waals surface area contributed by atoms with Crippen LogP contribution in [0.25, 0.3) is 0 Å². The number of ether oxygens (including phenoxy) is 1. The van der Waals surface area contributed by atoms with Gasteiger partial charge in [-0.1, -0.05) is 12.1 Å². The summed E-state index contributed by atoms with van der Waals surface area (Å²) in [5, 5.41) is 3.94. The third kappa shape index (κ3) is 3.05. The average Bonchev–Trinajstić information content (AvgIpc) is 2.72. The van der Waals surface area contributed by atoms with E-state index in [0.29, 0.717) is 13.1 Å². The van der Waals surface area contributed by atoms with Gasteiger partial charge in [0.05, 0.1) is 7.11 Å². The SMILES string of the molecule is COc1ccc(CN2CCC(S(N)(=O)=O)C2=O)cc1. The van der Waals surface area contributed by atoms with Crippen LogP contribution in [-0.2, 0) is 21.4 Å². The lowest BCUT2D eigenvalue weighted by Crippen LogP contribution is -2.37. The number of nitrogens with two attached hydrogens (primary N) is 1. The third-order valence-electron chi connectivity index (χ3n) is 3.18. The van der Waals surface area contributed by atoms with Crippen molar-refractivity contribution in [1.29, 1.82) is 0 Å². The zero-order valence-corrected chi connectivity index (χ0v) is 11.4. The van der Waals surface area contributed by atoms with Crippen LogP contribution in [0.3, 0.4) is 0 Å². The zero-order chi connectivity index (χ0) is 14.0. The van der Waals surface area contributed by atoms with Crippen molar-refractivity contribution in [3.05, 3.63) is 29.8 Å². The molecule has 0 bridgehead atoms. The Morgan fingerprint density at radius 3 is 2.47 bits per heavy atom. The van der Waals surface area contributed by atoms with Crippen molar-refractivity contribution in [3.8, 4) is 5.75 Å². The van der Waals surface area contributed by atoms with E-state index in [0.717, 1.165) is 11.3 Å². The van der Waals surface area contributed by atoms with Crippen LogP contribution in [0.2, 0.25) is 0 Å². The molecule has 104 valence electrons. The van der Waals surface area contributed by atoms with Gasteiger partial charge >= 0.3 is 0 Å². The Kier molecular flexibility index (Phi) is 3.77. The number of carbonyl (C=O) groups is 1. The van der Waals surface area contributed by atoms with Gasteiger partial charge in [0.2, 0.25) is 15.9 Å². The lowest BCUT2D eigenvalue weighted by molar-refractivity contribution is -0.127. The lowest BCUT2D eigenvalue weighted by atomic mass is 10.2. The van der Waals surface area contributed by atoms with Gasteiger partial charge < -0.3 is 9.64 Å². The molecule has 7 heteroatoms. The van der Waals surface area contributed by atoms with E-state index in [9.17, 15) is 13.2 Å². The first kappa shape index (κ1) is 13.8. The molecule has 0 radical (unpaired) electrons. The number of primary sulfonamides is 1. The number of hydrogen-bond acceptors (Lipinski definition) is 4. The molecule has 1 amide bonds. The van der Waals surface area contributed by atoms with E-state index in [1.165, 1.54) is 4.90 Å². The molecular formula is C12H16N2O4S. The van der Waals surface area contributed by atoms with Crippen molar-refractivity contribution in [2.75, 3.05) is 13.7 Å². The molecule has 1 atom stereocenters. The Morgan fingerprint density at radius 2 is 2.00 bits per heavy atom. The van der Waals surface area contributed by atoms with Gasteiger partial charge in [-0.3, -0.25) is 4.79 Å². The number of benzene rings is 1. The maximum absolute atomic E-state index is 11.9. The minimum Gasteiger partial charge on any atom is -0.497 e. The highest BCUT2D eigenvalue weighted by molar-refractivity contribution is 7.90. The van der Waals surface area contributed by atoms with E-state index >= 15 is 0 Å². The van der Waals surface area contributed by atoms with Gasteiger partial charge in [0.25, 0.3) is 0 Å². The van der Waals surface area contributed by atoms with E-state index < -0.39 is 21.2 Å². The maximum atomic E-state index is 11.9. The van der Waals surface area contributed by atoms with E-state index in [4.69, 9.17) is 9.88 Å². The van der Waals surface area contributed by atoms with Crippen molar-refractivity contribution in [2.24, 2.45) is 5.14 Å². The normalized spacial score (nSPS) is 19.8. The fraction of sp³-hybridized carbons (Fsp3) is 0.417. The van der Waals surface area contributed by atoms with Crippen LogP contribution < -0.4 is 9.88 Å². The summed E-state index contributed by atoms with van der Waals surface area (Å²) < 4.78 is 27.5. The van der Waals surface area contributed by atoms with E-state index in [2.05, 4.69) is 0 Å². The lowest BCUT2D eigenvalue weighted by Gasteiger charge is -2.16. The number of carbonyl (C=O) groups excluding carboxylic acids is 1. The molecular weight excluding hydrogens is 268 g/mol. The van der Waals surface area contributed by atoms with Crippen LogP contribution in [0.15, 0.2) is 24.3 Å². The van der Waals surface area contributed by atoms with Crippen LogP contribution in [-0.4, -0.2) is 38.1 Å². The monoisotopic (exact) mass is 284 g/mol. The van der Waals surface area contributed by atoms with Crippen molar-refractivity contribution >= 4 is 15.9 Å². The Morgan fingerprint density at radius 1 is 1.37 bits per heavy atom. The third-order valence-corrected chi connectivity index (χ3v) is 4.41. The maximum Gasteiger partial charge on any atom is 0.242 e. The molecule has 1 unspecified atom stereocenters. The molecule has 1 saturated heterocycles. The minimum atomic E-state index is -3.80. The molecule has 19 heavy (non-hydrogen) atoms. The molecule has 1 aromatic carbocycles. The Hall–Kier alpha value is -1.60. The second kappa shape index (κ2) is 5.18. The fourth-order valence-corrected chi connectivity index (χ4v) is 2.99. The second-order valence-corrected chi connectivity index (χ2v) is 6.22. The second-order valence-electron chi connectivity index (χ2n) is 4.47. The number of rotatable bonds is 4. The zero-order valence-electron chi connectivity index (χ0n) is 10.6. The number of nitrogens with zero attached hydrogens (tertiary/aromatic N) is 1. The standard InChI is InChI=1S/C12H16N2O4S/c1-18-10-4-2-9(3-5-10)8-14-7-6-11(12(14)15)19(13,16)17/h2-5,11H,6-8H2,1H3,(H2,13,16,17). The minimum absolute atomic E-state index is 0.258. The van der Waals surface area contributed by atoms with E-state index in [1.807, 2.05) is 12.1 Å². The summed E-state index contributed by atoms with van der Waals surface area (Å²) in [6, 6.07) is 7.28. The Bertz CT molecular complexity index is 568. The summed E-state index contributed by atoms with van der Waals surface area (Å²) in [5.41, 5.74) is 0.921. The quantitative estimate of drug-likeness (QED) is 0.848. The van der Waals surface area contributed by atoms with Crippen LogP contribution in [0.4, 0.5) is 0 Å². The Balaban J connectivity index is 2.06. The highest BCUT2D eigenvalue weighted by Crippen LogP contribution is 2.20. The summed E-state index contributed by atoms with van der Waals surface area (Å²) in [6.45, 7) is 0.792. The molecule has 2 rings (SSSR count). The first-order chi connectivity index (χ1) is 8.91. The summed E-state index contributed by atoms with van der Waals surface area (Å²) >= 11 is 0. The van der Waals surface area contributed by atoms with Gasteiger partial charge in [-0.05, 0) is 24.1 Å². The fourth-order valence-electron chi connectivity index (χ4n) is 2.12. The number of amides is 1. The van der Waals surface area contributed by atoms with E-state index in [1.54, 1.807) is 19.2 Å². The molecule has 1 aliphatic heterocycles. The van der Waals surface area contributed by atoms with Gasteiger partial charge in [-0.2, -0.15) is 0 Å². The molecule has 1 aliphatic rings. The van der Waals surface area contributed by atoms with E-state index in [-0.39, 0.29) is 6.42 Å². The molecule has 0 spiro atoms.